The summed E-state index contributed by atoms with van der Waals surface area (Å²) in [7, 11) is 0. The predicted molar refractivity (Wildman–Crippen MR) is 144 cm³/mol. The van der Waals surface area contributed by atoms with E-state index < -0.39 is 5.54 Å². The summed E-state index contributed by atoms with van der Waals surface area (Å²) in [5, 5.41) is 7.05. The second kappa shape index (κ2) is 10.9. The number of hydrogen-bond acceptors (Lipinski definition) is 4. The van der Waals surface area contributed by atoms with Crippen LogP contribution in [-0.2, 0) is 27.1 Å². The number of amides is 1. The van der Waals surface area contributed by atoms with Crippen molar-refractivity contribution in [3.8, 4) is 0 Å². The Morgan fingerprint density at radius 3 is 2.39 bits per heavy atom. The van der Waals surface area contributed by atoms with Crippen molar-refractivity contribution in [1.82, 2.24) is 15.5 Å². The van der Waals surface area contributed by atoms with Crippen LogP contribution in [0.5, 0.6) is 0 Å². The third kappa shape index (κ3) is 5.01. The molecule has 2 heterocycles. The fourth-order valence-corrected chi connectivity index (χ4v) is 7.00. The van der Waals surface area contributed by atoms with Gasteiger partial charge in [-0.1, -0.05) is 73.9 Å². The number of fused-ring (bicyclic) bond motifs is 1. The summed E-state index contributed by atoms with van der Waals surface area (Å²) < 4.78 is 0. The zero-order chi connectivity index (χ0) is 25.0. The maximum absolute atomic E-state index is 14.2. The Morgan fingerprint density at radius 2 is 1.67 bits per heavy atom. The molecule has 2 aromatic carbocycles. The van der Waals surface area contributed by atoms with Crippen LogP contribution in [0.25, 0.3) is 0 Å². The number of piperidine rings is 1. The average Bonchev–Trinajstić information content (AvgIpc) is 2.93. The van der Waals surface area contributed by atoms with Crippen LogP contribution >= 0.6 is 0 Å². The smallest absolute Gasteiger partial charge is 0.217 e. The monoisotopic (exact) mass is 487 g/mol. The predicted octanol–water partition coefficient (Wildman–Crippen LogP) is 4.69. The Balaban J connectivity index is 1.34. The van der Waals surface area contributed by atoms with E-state index in [0.717, 1.165) is 64.7 Å². The highest BCUT2D eigenvalue weighted by Crippen LogP contribution is 2.39. The molecule has 1 atom stereocenters. The molecule has 0 radical (unpaired) electrons. The van der Waals surface area contributed by atoms with Gasteiger partial charge in [0.05, 0.1) is 5.54 Å². The van der Waals surface area contributed by atoms with E-state index in [0.29, 0.717) is 5.78 Å². The van der Waals surface area contributed by atoms with Crippen molar-refractivity contribution in [2.24, 2.45) is 5.92 Å². The second-order valence-electron chi connectivity index (χ2n) is 11.2. The summed E-state index contributed by atoms with van der Waals surface area (Å²) in [4.78, 5) is 28.8. The number of benzene rings is 2. The molecule has 2 N–H and O–H groups in total. The third-order valence-corrected chi connectivity index (χ3v) is 8.95. The molecule has 1 amide bonds. The molecule has 36 heavy (non-hydrogen) atoms. The summed E-state index contributed by atoms with van der Waals surface area (Å²) in [5.41, 5.74) is 2.83. The molecule has 5 rings (SSSR count). The molecule has 3 aliphatic rings. The van der Waals surface area contributed by atoms with Gasteiger partial charge in [0.2, 0.25) is 5.91 Å². The van der Waals surface area contributed by atoms with Gasteiger partial charge in [-0.2, -0.15) is 0 Å². The Labute approximate surface area is 216 Å². The van der Waals surface area contributed by atoms with E-state index in [9.17, 15) is 9.59 Å². The molecule has 2 aliphatic heterocycles. The van der Waals surface area contributed by atoms with Crippen LogP contribution in [0.1, 0.15) is 75.0 Å². The second-order valence-corrected chi connectivity index (χ2v) is 11.2. The fraction of sp³-hybridized carbons (Fsp3) is 0.548. The van der Waals surface area contributed by atoms with Crippen molar-refractivity contribution >= 4 is 11.7 Å². The summed E-state index contributed by atoms with van der Waals surface area (Å²) in [6, 6.07) is 19.0. The zero-order valence-corrected chi connectivity index (χ0v) is 21.7. The lowest BCUT2D eigenvalue weighted by Crippen LogP contribution is -2.57. The van der Waals surface area contributed by atoms with Gasteiger partial charge in [-0.25, -0.2) is 0 Å². The van der Waals surface area contributed by atoms with Crippen LogP contribution in [-0.4, -0.2) is 42.8 Å². The number of likely N-dealkylation sites (tertiary alicyclic amines) is 1. The summed E-state index contributed by atoms with van der Waals surface area (Å²) >= 11 is 0. The minimum atomic E-state index is -0.581. The van der Waals surface area contributed by atoms with Gasteiger partial charge in [0.1, 0.15) is 5.54 Å². The third-order valence-electron chi connectivity index (χ3n) is 8.95. The molecule has 5 heteroatoms. The van der Waals surface area contributed by atoms with Gasteiger partial charge in [-0.3, -0.25) is 9.59 Å². The first-order valence-corrected chi connectivity index (χ1v) is 14.0. The van der Waals surface area contributed by atoms with Crippen molar-refractivity contribution < 1.29 is 9.59 Å². The molecule has 0 aromatic heterocycles. The zero-order valence-electron chi connectivity index (χ0n) is 21.7. The SMILES string of the molecule is CC(=O)NC1(c2ccccc2)CCN(CCC2(C(=O)C3CCCCC3)NCCc3ccccc32)CC1. The van der Waals surface area contributed by atoms with Crippen molar-refractivity contribution in [3.05, 3.63) is 71.3 Å². The van der Waals surface area contributed by atoms with E-state index in [4.69, 9.17) is 0 Å². The van der Waals surface area contributed by atoms with Gasteiger partial charge < -0.3 is 15.5 Å². The Hall–Kier alpha value is -2.50. The van der Waals surface area contributed by atoms with Crippen molar-refractivity contribution in [3.63, 3.8) is 0 Å². The topological polar surface area (TPSA) is 61.4 Å². The van der Waals surface area contributed by atoms with E-state index >= 15 is 0 Å². The highest BCUT2D eigenvalue weighted by Gasteiger charge is 2.46. The molecule has 192 valence electrons. The average molecular weight is 488 g/mol. The normalized spacial score (nSPS) is 24.6. The number of hydrogen-bond donors (Lipinski definition) is 2. The number of Topliss-reactive ketones (excluding diaryl/α,β-unsaturated/α-hetero) is 1. The minimum absolute atomic E-state index is 0.0207. The van der Waals surface area contributed by atoms with Gasteiger partial charge in [-0.15, -0.1) is 0 Å². The van der Waals surface area contributed by atoms with E-state index in [2.05, 4.69) is 64.1 Å². The highest BCUT2D eigenvalue weighted by molar-refractivity contribution is 5.92. The summed E-state index contributed by atoms with van der Waals surface area (Å²) in [5.74, 6) is 0.611. The van der Waals surface area contributed by atoms with Crippen molar-refractivity contribution in [2.75, 3.05) is 26.2 Å². The lowest BCUT2D eigenvalue weighted by atomic mass is 9.70. The molecule has 0 bridgehead atoms. The molecule has 5 nitrogen and oxygen atoms in total. The van der Waals surface area contributed by atoms with E-state index in [1.165, 1.54) is 36.0 Å². The molecule has 2 aromatic rings. The van der Waals surface area contributed by atoms with Gasteiger partial charge in [0.15, 0.2) is 5.78 Å². The van der Waals surface area contributed by atoms with Crippen LogP contribution in [0, 0.1) is 5.92 Å². The van der Waals surface area contributed by atoms with E-state index in [1.54, 1.807) is 6.92 Å². The lowest BCUT2D eigenvalue weighted by Gasteiger charge is -2.45. The van der Waals surface area contributed by atoms with Crippen LogP contribution in [0.4, 0.5) is 0 Å². The minimum Gasteiger partial charge on any atom is -0.347 e. The van der Waals surface area contributed by atoms with Crippen LogP contribution in [0.15, 0.2) is 54.6 Å². The van der Waals surface area contributed by atoms with E-state index in [1.807, 2.05) is 6.07 Å². The maximum atomic E-state index is 14.2. The molecule has 0 spiro atoms. The lowest BCUT2D eigenvalue weighted by molar-refractivity contribution is -0.132. The number of nitrogens with zero attached hydrogens (tertiary/aromatic N) is 1. The molecule has 2 fully saturated rings. The maximum Gasteiger partial charge on any atom is 0.217 e. The Morgan fingerprint density at radius 1 is 0.972 bits per heavy atom. The number of ketones is 1. The number of carbonyl (C=O) groups excluding carboxylic acids is 2. The quantitative estimate of drug-likeness (QED) is 0.595. The molecule has 1 unspecified atom stereocenters. The van der Waals surface area contributed by atoms with Crippen molar-refractivity contribution in [2.45, 2.75) is 75.8 Å². The van der Waals surface area contributed by atoms with Crippen LogP contribution < -0.4 is 10.6 Å². The number of rotatable bonds is 7. The molecular formula is C31H41N3O2. The molecular weight excluding hydrogens is 446 g/mol. The van der Waals surface area contributed by atoms with Gasteiger partial charge >= 0.3 is 0 Å². The van der Waals surface area contributed by atoms with Crippen LogP contribution in [0.2, 0.25) is 0 Å². The first kappa shape index (κ1) is 25.2. The first-order valence-electron chi connectivity index (χ1n) is 14.0. The fourth-order valence-electron chi connectivity index (χ4n) is 7.00. The molecule has 1 aliphatic carbocycles. The van der Waals surface area contributed by atoms with Crippen LogP contribution in [0.3, 0.4) is 0 Å². The van der Waals surface area contributed by atoms with Gasteiger partial charge in [0, 0.05) is 39.0 Å². The number of nitrogens with one attached hydrogen (secondary N) is 2. The largest absolute Gasteiger partial charge is 0.347 e. The summed E-state index contributed by atoms with van der Waals surface area (Å²) in [6.45, 7) is 5.17. The molecule has 1 saturated heterocycles. The first-order chi connectivity index (χ1) is 17.5. The van der Waals surface area contributed by atoms with E-state index in [-0.39, 0.29) is 17.4 Å². The molecule has 1 saturated carbocycles. The standard InChI is InChI=1S/C31H41N3O2/c1-24(35)33-30(27-13-6-3-7-14-27)17-21-34(22-18-30)23-19-31(29(36)26-11-4-2-5-12-26)28-15-9-8-10-25(28)16-20-32-31/h3,6-10,13-15,26,32H,2,4-5,11-12,16-23H2,1H3,(H,33,35). The van der Waals surface area contributed by atoms with Crippen molar-refractivity contribution in [1.29, 1.82) is 0 Å². The Kier molecular flexibility index (Phi) is 7.59. The number of carbonyl (C=O) groups is 2. The van der Waals surface area contributed by atoms with Gasteiger partial charge in [0.25, 0.3) is 0 Å². The highest BCUT2D eigenvalue weighted by atomic mass is 16.1. The van der Waals surface area contributed by atoms with Gasteiger partial charge in [-0.05, 0) is 55.2 Å². The summed E-state index contributed by atoms with van der Waals surface area (Å²) in [6.07, 6.45) is 9.21. The Bertz CT molecular complexity index is 1050.